The van der Waals surface area contributed by atoms with Crippen LogP contribution in [0.15, 0.2) is 46.8 Å². The van der Waals surface area contributed by atoms with E-state index in [0.29, 0.717) is 11.0 Å². The van der Waals surface area contributed by atoms with Crippen LogP contribution in [0, 0.1) is 0 Å². The molecule has 4 rings (SSSR count). The summed E-state index contributed by atoms with van der Waals surface area (Å²) in [6.07, 6.45) is 5.59. The summed E-state index contributed by atoms with van der Waals surface area (Å²) < 4.78 is 1.21. The van der Waals surface area contributed by atoms with Crippen LogP contribution in [0.3, 0.4) is 0 Å². The molecule has 25 heavy (non-hydrogen) atoms. The highest BCUT2D eigenvalue weighted by Gasteiger charge is 2.25. The lowest BCUT2D eigenvalue weighted by Crippen LogP contribution is -2.29. The summed E-state index contributed by atoms with van der Waals surface area (Å²) in [6, 6.07) is 6.95. The van der Waals surface area contributed by atoms with Crippen molar-refractivity contribution in [1.82, 2.24) is 19.7 Å². The second kappa shape index (κ2) is 6.56. The summed E-state index contributed by atoms with van der Waals surface area (Å²) in [7, 11) is 0. The molecule has 3 heterocycles. The van der Waals surface area contributed by atoms with Gasteiger partial charge in [0.25, 0.3) is 5.56 Å². The van der Waals surface area contributed by atoms with Crippen LogP contribution in [0.25, 0.3) is 11.3 Å². The average Bonchev–Trinajstić information content (AvgIpc) is 3.37. The van der Waals surface area contributed by atoms with Gasteiger partial charge < -0.3 is 5.32 Å². The summed E-state index contributed by atoms with van der Waals surface area (Å²) in [5.74, 6) is 0.102. The highest BCUT2D eigenvalue weighted by Crippen LogP contribution is 2.38. The molecule has 0 radical (unpaired) electrons. The van der Waals surface area contributed by atoms with Gasteiger partial charge in [0.05, 0.1) is 11.4 Å². The van der Waals surface area contributed by atoms with Crippen molar-refractivity contribution in [1.29, 1.82) is 0 Å². The van der Waals surface area contributed by atoms with Crippen LogP contribution in [-0.4, -0.2) is 25.7 Å². The Hall–Kier alpha value is -2.87. The van der Waals surface area contributed by atoms with Gasteiger partial charge >= 0.3 is 0 Å². The summed E-state index contributed by atoms with van der Waals surface area (Å²) >= 11 is 1.33. The first-order chi connectivity index (χ1) is 12.2. The second-order valence-corrected chi connectivity index (χ2v) is 6.71. The fourth-order valence-corrected chi connectivity index (χ4v) is 3.18. The number of carbonyl (C=O) groups is 1. The summed E-state index contributed by atoms with van der Waals surface area (Å²) in [4.78, 5) is 32.5. The van der Waals surface area contributed by atoms with Gasteiger partial charge in [0.15, 0.2) is 5.13 Å². The molecule has 1 aliphatic rings. The van der Waals surface area contributed by atoms with Crippen molar-refractivity contribution in [2.45, 2.75) is 25.3 Å². The molecule has 1 fully saturated rings. The minimum absolute atomic E-state index is 0.124. The summed E-state index contributed by atoms with van der Waals surface area (Å²) in [5.41, 5.74) is 2.23. The van der Waals surface area contributed by atoms with E-state index in [4.69, 9.17) is 0 Å². The van der Waals surface area contributed by atoms with Crippen molar-refractivity contribution in [3.63, 3.8) is 0 Å². The molecule has 1 N–H and O–H groups in total. The molecule has 1 amide bonds. The van der Waals surface area contributed by atoms with E-state index in [0.717, 1.165) is 29.8 Å². The Bertz CT molecular complexity index is 962. The number of hydrogen-bond acceptors (Lipinski definition) is 6. The Labute approximate surface area is 147 Å². The quantitative estimate of drug-likeness (QED) is 0.760. The largest absolute Gasteiger partial charge is 0.300 e. The number of pyridine rings is 1. The highest BCUT2D eigenvalue weighted by molar-refractivity contribution is 7.14. The van der Waals surface area contributed by atoms with Gasteiger partial charge in [-0.15, -0.1) is 11.3 Å². The number of nitrogens with zero attached hydrogens (tertiary/aromatic N) is 4. The number of nitrogens with one attached hydrogen (secondary N) is 1. The maximum absolute atomic E-state index is 12.2. The van der Waals surface area contributed by atoms with Gasteiger partial charge in [0, 0.05) is 35.3 Å². The van der Waals surface area contributed by atoms with Crippen LogP contribution < -0.4 is 10.9 Å². The monoisotopic (exact) mass is 353 g/mol. The van der Waals surface area contributed by atoms with Crippen molar-refractivity contribution >= 4 is 22.4 Å². The van der Waals surface area contributed by atoms with E-state index in [2.05, 4.69) is 20.4 Å². The smallest absolute Gasteiger partial charge is 0.267 e. The van der Waals surface area contributed by atoms with Gasteiger partial charge in [0.2, 0.25) is 5.91 Å². The number of anilines is 1. The zero-order chi connectivity index (χ0) is 17.2. The standard InChI is InChI=1S/C17H15N5O2S/c23-15(9-22-16(24)6-5-13(21-22)11-3-4-11)20-17-19-14(10-25-17)12-2-1-7-18-8-12/h1-2,5-8,10-11H,3-4,9H2,(H,19,20,23). The number of rotatable bonds is 5. The number of carbonyl (C=O) groups excluding carboxylic acids is 1. The Morgan fingerprint density at radius 3 is 2.96 bits per heavy atom. The molecule has 3 aromatic heterocycles. The molecule has 0 unspecified atom stereocenters. The lowest BCUT2D eigenvalue weighted by atomic mass is 10.2. The van der Waals surface area contributed by atoms with Crippen molar-refractivity contribution in [2.75, 3.05) is 5.32 Å². The van der Waals surface area contributed by atoms with Crippen LogP contribution in [0.5, 0.6) is 0 Å². The molecule has 0 atom stereocenters. The van der Waals surface area contributed by atoms with Gasteiger partial charge in [0.1, 0.15) is 6.54 Å². The molecule has 7 nitrogen and oxygen atoms in total. The summed E-state index contributed by atoms with van der Waals surface area (Å²) in [5, 5.41) is 9.34. The van der Waals surface area contributed by atoms with E-state index in [-0.39, 0.29) is 18.0 Å². The molecule has 3 aromatic rings. The van der Waals surface area contributed by atoms with E-state index < -0.39 is 0 Å². The normalized spacial score (nSPS) is 13.6. The minimum Gasteiger partial charge on any atom is -0.300 e. The van der Waals surface area contributed by atoms with Crippen molar-refractivity contribution in [3.8, 4) is 11.3 Å². The van der Waals surface area contributed by atoms with Gasteiger partial charge in [-0.25, -0.2) is 9.67 Å². The second-order valence-electron chi connectivity index (χ2n) is 5.86. The van der Waals surface area contributed by atoms with E-state index in [1.165, 1.54) is 22.1 Å². The van der Waals surface area contributed by atoms with Crippen molar-refractivity contribution in [2.24, 2.45) is 0 Å². The third-order valence-electron chi connectivity index (χ3n) is 3.88. The molecular formula is C17H15N5O2S. The molecule has 8 heteroatoms. The predicted molar refractivity (Wildman–Crippen MR) is 94.4 cm³/mol. The molecular weight excluding hydrogens is 338 g/mol. The first-order valence-corrected chi connectivity index (χ1v) is 8.81. The SMILES string of the molecule is O=C(Cn1nc(C2CC2)ccc1=O)Nc1nc(-c2cccnc2)cs1. The van der Waals surface area contributed by atoms with Crippen molar-refractivity contribution < 1.29 is 4.79 Å². The number of aromatic nitrogens is 4. The minimum atomic E-state index is -0.324. The van der Waals surface area contributed by atoms with Gasteiger partial charge in [-0.3, -0.25) is 14.6 Å². The van der Waals surface area contributed by atoms with Gasteiger partial charge in [-0.1, -0.05) is 0 Å². The molecule has 1 aliphatic carbocycles. The molecule has 126 valence electrons. The third kappa shape index (κ3) is 3.63. The first kappa shape index (κ1) is 15.6. The van der Waals surface area contributed by atoms with Crippen LogP contribution in [0.1, 0.15) is 24.5 Å². The van der Waals surface area contributed by atoms with E-state index in [9.17, 15) is 9.59 Å². The topological polar surface area (TPSA) is 89.8 Å². The van der Waals surface area contributed by atoms with Crippen LogP contribution in [0.4, 0.5) is 5.13 Å². The Morgan fingerprint density at radius 1 is 1.32 bits per heavy atom. The van der Waals surface area contributed by atoms with E-state index in [1.54, 1.807) is 18.5 Å². The number of thiazole rings is 1. The lowest BCUT2D eigenvalue weighted by molar-refractivity contribution is -0.117. The lowest BCUT2D eigenvalue weighted by Gasteiger charge is -2.06. The highest BCUT2D eigenvalue weighted by atomic mass is 32.1. The predicted octanol–water partition coefficient (Wildman–Crippen LogP) is 2.28. The molecule has 1 saturated carbocycles. The van der Waals surface area contributed by atoms with Crippen LogP contribution >= 0.6 is 11.3 Å². The average molecular weight is 353 g/mol. The maximum Gasteiger partial charge on any atom is 0.267 e. The molecule has 0 aromatic carbocycles. The third-order valence-corrected chi connectivity index (χ3v) is 4.64. The first-order valence-electron chi connectivity index (χ1n) is 7.93. The van der Waals surface area contributed by atoms with Crippen LogP contribution in [0.2, 0.25) is 0 Å². The fraction of sp³-hybridized carbons (Fsp3) is 0.235. The van der Waals surface area contributed by atoms with E-state index in [1.807, 2.05) is 17.5 Å². The van der Waals surface area contributed by atoms with Crippen molar-refractivity contribution in [3.05, 3.63) is 58.1 Å². The number of amides is 1. The zero-order valence-corrected chi connectivity index (χ0v) is 14.1. The maximum atomic E-state index is 12.2. The fourth-order valence-electron chi connectivity index (χ4n) is 2.45. The van der Waals surface area contributed by atoms with Crippen LogP contribution in [-0.2, 0) is 11.3 Å². The van der Waals surface area contributed by atoms with E-state index >= 15 is 0 Å². The molecule has 0 aliphatic heterocycles. The van der Waals surface area contributed by atoms with Gasteiger partial charge in [-0.2, -0.15) is 5.10 Å². The summed E-state index contributed by atoms with van der Waals surface area (Å²) in [6.45, 7) is -0.124. The molecule has 0 saturated heterocycles. The van der Waals surface area contributed by atoms with Gasteiger partial charge in [-0.05, 0) is 31.0 Å². The molecule has 0 bridgehead atoms. The zero-order valence-electron chi connectivity index (χ0n) is 13.3. The number of hydrogen-bond donors (Lipinski definition) is 1. The molecule has 0 spiro atoms. The Kier molecular flexibility index (Phi) is 4.10. The Morgan fingerprint density at radius 2 is 2.20 bits per heavy atom. The Balaban J connectivity index is 1.45.